The van der Waals surface area contributed by atoms with Crippen molar-refractivity contribution in [2.24, 2.45) is 23.5 Å². The molecule has 1 aromatic carbocycles. The van der Waals surface area contributed by atoms with Gasteiger partial charge < -0.3 is 11.1 Å². The van der Waals surface area contributed by atoms with E-state index >= 15 is 0 Å². The van der Waals surface area contributed by atoms with Crippen molar-refractivity contribution in [3.05, 3.63) is 35.4 Å². The lowest BCUT2D eigenvalue weighted by atomic mass is 9.84. The van der Waals surface area contributed by atoms with Crippen molar-refractivity contribution in [3.8, 4) is 0 Å². The van der Waals surface area contributed by atoms with Crippen LogP contribution in [0.25, 0.3) is 0 Å². The standard InChI is InChI=1S/C20H31N3O/c1-3-23(4-2)13-15-7-5-6-14(10-15)12-22-20(24)18-16-8-9-17(11-16)19(18)21/h5-7,10,16-19H,3-4,8-9,11-13,21H2,1-2H3,(H,22,24). The Morgan fingerprint density at radius 1 is 1.21 bits per heavy atom. The lowest BCUT2D eigenvalue weighted by Gasteiger charge is -2.27. The van der Waals surface area contributed by atoms with Crippen LogP contribution in [0.2, 0.25) is 0 Å². The number of carbonyl (C=O) groups is 1. The van der Waals surface area contributed by atoms with Crippen LogP contribution in [0.5, 0.6) is 0 Å². The Labute approximate surface area is 145 Å². The van der Waals surface area contributed by atoms with Crippen molar-refractivity contribution in [1.29, 1.82) is 0 Å². The Bertz CT molecular complexity index is 568. The summed E-state index contributed by atoms with van der Waals surface area (Å²) in [6.07, 6.45) is 3.54. The molecular weight excluding hydrogens is 298 g/mol. The van der Waals surface area contributed by atoms with E-state index in [0.717, 1.165) is 26.1 Å². The van der Waals surface area contributed by atoms with E-state index in [-0.39, 0.29) is 17.9 Å². The summed E-state index contributed by atoms with van der Waals surface area (Å²) >= 11 is 0. The van der Waals surface area contributed by atoms with Crippen LogP contribution >= 0.6 is 0 Å². The molecule has 4 atom stereocenters. The van der Waals surface area contributed by atoms with E-state index in [1.807, 2.05) is 0 Å². The van der Waals surface area contributed by atoms with E-state index in [4.69, 9.17) is 5.73 Å². The topological polar surface area (TPSA) is 58.4 Å². The molecular formula is C20H31N3O. The molecule has 24 heavy (non-hydrogen) atoms. The summed E-state index contributed by atoms with van der Waals surface area (Å²) in [7, 11) is 0. The summed E-state index contributed by atoms with van der Waals surface area (Å²) in [5, 5.41) is 3.13. The first kappa shape index (κ1) is 17.4. The SMILES string of the molecule is CCN(CC)Cc1cccc(CNC(=O)C2C3CCC(C3)C2N)c1. The monoisotopic (exact) mass is 329 g/mol. The minimum Gasteiger partial charge on any atom is -0.352 e. The van der Waals surface area contributed by atoms with Gasteiger partial charge in [-0.05, 0) is 55.3 Å². The molecule has 0 saturated heterocycles. The van der Waals surface area contributed by atoms with Crippen LogP contribution in [0.1, 0.15) is 44.2 Å². The number of nitrogens with zero attached hydrogens (tertiary/aromatic N) is 1. The molecule has 1 amide bonds. The van der Waals surface area contributed by atoms with E-state index in [1.54, 1.807) is 0 Å². The van der Waals surface area contributed by atoms with Crippen LogP contribution in [0.3, 0.4) is 0 Å². The molecule has 3 N–H and O–H groups in total. The fourth-order valence-corrected chi connectivity index (χ4v) is 4.58. The fourth-order valence-electron chi connectivity index (χ4n) is 4.58. The molecule has 2 saturated carbocycles. The zero-order chi connectivity index (χ0) is 17.1. The normalized spacial score (nSPS) is 28.5. The second kappa shape index (κ2) is 7.66. The second-order valence-corrected chi connectivity index (χ2v) is 7.44. The molecule has 2 aliphatic rings. The van der Waals surface area contributed by atoms with E-state index in [9.17, 15) is 4.79 Å². The van der Waals surface area contributed by atoms with Crippen molar-refractivity contribution >= 4 is 5.91 Å². The molecule has 2 fully saturated rings. The van der Waals surface area contributed by atoms with Crippen LogP contribution in [0.15, 0.2) is 24.3 Å². The van der Waals surface area contributed by atoms with Gasteiger partial charge in [-0.15, -0.1) is 0 Å². The highest BCUT2D eigenvalue weighted by molar-refractivity contribution is 5.80. The Morgan fingerprint density at radius 3 is 2.58 bits per heavy atom. The lowest BCUT2D eigenvalue weighted by Crippen LogP contribution is -2.45. The van der Waals surface area contributed by atoms with Gasteiger partial charge in [0.25, 0.3) is 0 Å². The third-order valence-electron chi connectivity index (χ3n) is 6.04. The highest BCUT2D eigenvalue weighted by Crippen LogP contribution is 2.47. The van der Waals surface area contributed by atoms with Gasteiger partial charge in [-0.2, -0.15) is 0 Å². The van der Waals surface area contributed by atoms with Crippen LogP contribution in [0, 0.1) is 17.8 Å². The van der Waals surface area contributed by atoms with Crippen molar-refractivity contribution in [2.45, 2.75) is 52.2 Å². The molecule has 4 heteroatoms. The molecule has 0 aromatic heterocycles. The summed E-state index contributed by atoms with van der Waals surface area (Å²) in [6.45, 7) is 8.05. The number of benzene rings is 1. The summed E-state index contributed by atoms with van der Waals surface area (Å²) in [4.78, 5) is 15.0. The first-order chi connectivity index (χ1) is 11.6. The number of nitrogens with one attached hydrogen (secondary N) is 1. The highest BCUT2D eigenvalue weighted by atomic mass is 16.1. The number of hydrogen-bond acceptors (Lipinski definition) is 3. The lowest BCUT2D eigenvalue weighted by molar-refractivity contribution is -0.127. The van der Waals surface area contributed by atoms with Gasteiger partial charge in [0.15, 0.2) is 0 Å². The zero-order valence-corrected chi connectivity index (χ0v) is 15.0. The number of carbonyl (C=O) groups excluding carboxylic acids is 1. The Balaban J connectivity index is 1.56. The second-order valence-electron chi connectivity index (χ2n) is 7.44. The van der Waals surface area contributed by atoms with Crippen LogP contribution in [-0.2, 0) is 17.9 Å². The van der Waals surface area contributed by atoms with Crippen LogP contribution in [0.4, 0.5) is 0 Å². The summed E-state index contributed by atoms with van der Waals surface area (Å²) in [6, 6.07) is 8.61. The Hall–Kier alpha value is -1.39. The Kier molecular flexibility index (Phi) is 5.57. The smallest absolute Gasteiger partial charge is 0.225 e. The molecule has 4 unspecified atom stereocenters. The van der Waals surface area contributed by atoms with Gasteiger partial charge in [0.1, 0.15) is 0 Å². The zero-order valence-electron chi connectivity index (χ0n) is 15.0. The van der Waals surface area contributed by atoms with E-state index in [2.05, 4.69) is 48.3 Å². The number of amides is 1. The maximum atomic E-state index is 12.6. The van der Waals surface area contributed by atoms with Crippen LogP contribution < -0.4 is 11.1 Å². The minimum absolute atomic E-state index is 0.0302. The van der Waals surface area contributed by atoms with Crippen molar-refractivity contribution in [1.82, 2.24) is 10.2 Å². The molecule has 0 spiro atoms. The first-order valence-electron chi connectivity index (χ1n) is 9.45. The molecule has 0 radical (unpaired) electrons. The van der Waals surface area contributed by atoms with Gasteiger partial charge in [0, 0.05) is 19.1 Å². The van der Waals surface area contributed by atoms with E-state index in [0.29, 0.717) is 18.4 Å². The predicted octanol–water partition coefficient (Wildman–Crippen LogP) is 2.52. The summed E-state index contributed by atoms with van der Waals surface area (Å²) in [5.41, 5.74) is 8.76. The van der Waals surface area contributed by atoms with E-state index < -0.39 is 0 Å². The Morgan fingerprint density at radius 2 is 1.92 bits per heavy atom. The van der Waals surface area contributed by atoms with Gasteiger partial charge in [-0.25, -0.2) is 0 Å². The highest BCUT2D eigenvalue weighted by Gasteiger charge is 2.48. The largest absolute Gasteiger partial charge is 0.352 e. The van der Waals surface area contributed by atoms with Crippen molar-refractivity contribution < 1.29 is 4.79 Å². The molecule has 3 rings (SSSR count). The number of hydrogen-bond donors (Lipinski definition) is 2. The molecule has 2 bridgehead atoms. The minimum atomic E-state index is 0.0302. The maximum absolute atomic E-state index is 12.6. The molecule has 2 aliphatic carbocycles. The van der Waals surface area contributed by atoms with Crippen molar-refractivity contribution in [2.75, 3.05) is 13.1 Å². The van der Waals surface area contributed by atoms with Gasteiger partial charge in [0.2, 0.25) is 5.91 Å². The number of nitrogens with two attached hydrogens (primary N) is 1. The molecule has 0 heterocycles. The van der Waals surface area contributed by atoms with Gasteiger partial charge >= 0.3 is 0 Å². The predicted molar refractivity (Wildman–Crippen MR) is 97.2 cm³/mol. The summed E-state index contributed by atoms with van der Waals surface area (Å²) in [5.74, 6) is 1.27. The third kappa shape index (κ3) is 3.65. The fraction of sp³-hybridized carbons (Fsp3) is 0.650. The molecule has 4 nitrogen and oxygen atoms in total. The molecule has 0 aliphatic heterocycles. The molecule has 1 aromatic rings. The van der Waals surface area contributed by atoms with Gasteiger partial charge in [-0.1, -0.05) is 38.1 Å². The van der Waals surface area contributed by atoms with Gasteiger partial charge in [0.05, 0.1) is 5.92 Å². The maximum Gasteiger partial charge on any atom is 0.225 e. The third-order valence-corrected chi connectivity index (χ3v) is 6.04. The first-order valence-corrected chi connectivity index (χ1v) is 9.45. The molecule has 132 valence electrons. The number of rotatable bonds is 7. The summed E-state index contributed by atoms with van der Waals surface area (Å²) < 4.78 is 0. The average Bonchev–Trinajstić information content (AvgIpc) is 3.19. The van der Waals surface area contributed by atoms with E-state index in [1.165, 1.54) is 24.0 Å². The average molecular weight is 329 g/mol. The quantitative estimate of drug-likeness (QED) is 0.808. The number of fused-ring (bicyclic) bond motifs is 2. The van der Waals surface area contributed by atoms with Crippen LogP contribution in [-0.4, -0.2) is 29.9 Å². The van der Waals surface area contributed by atoms with Crippen molar-refractivity contribution in [3.63, 3.8) is 0 Å². The van der Waals surface area contributed by atoms with Gasteiger partial charge in [-0.3, -0.25) is 9.69 Å².